The van der Waals surface area contributed by atoms with Crippen LogP contribution in [0.25, 0.3) is 22.3 Å². The number of fused-ring (bicyclic) bond motifs is 1. The van der Waals surface area contributed by atoms with E-state index < -0.39 is 0 Å². The molecule has 5 nitrogen and oxygen atoms in total. The third-order valence-corrected chi connectivity index (χ3v) is 5.35. The van der Waals surface area contributed by atoms with Crippen molar-refractivity contribution in [2.75, 3.05) is 6.54 Å². The van der Waals surface area contributed by atoms with Crippen LogP contribution >= 0.6 is 0 Å². The Kier molecular flexibility index (Phi) is 6.22. The van der Waals surface area contributed by atoms with Gasteiger partial charge < -0.3 is 10.4 Å². The van der Waals surface area contributed by atoms with Crippen molar-refractivity contribution in [3.63, 3.8) is 0 Å². The molecular formula is C26H25N3O2. The van der Waals surface area contributed by atoms with E-state index in [2.05, 4.69) is 5.32 Å². The van der Waals surface area contributed by atoms with Crippen molar-refractivity contribution < 1.29 is 9.90 Å². The molecule has 0 aliphatic heterocycles. The van der Waals surface area contributed by atoms with E-state index in [4.69, 9.17) is 9.97 Å². The van der Waals surface area contributed by atoms with Crippen molar-refractivity contribution in [3.05, 3.63) is 90.1 Å². The van der Waals surface area contributed by atoms with Gasteiger partial charge in [-0.2, -0.15) is 0 Å². The van der Waals surface area contributed by atoms with E-state index in [1.54, 1.807) is 12.1 Å². The van der Waals surface area contributed by atoms with Crippen LogP contribution in [0.15, 0.2) is 78.9 Å². The number of nitrogens with zero attached hydrogens (tertiary/aromatic N) is 2. The third-order valence-electron chi connectivity index (χ3n) is 5.35. The number of hydrogen-bond donors (Lipinski definition) is 2. The number of aromatic hydroxyl groups is 1. The Bertz CT molecular complexity index is 1190. The van der Waals surface area contributed by atoms with E-state index in [1.807, 2.05) is 73.7 Å². The molecule has 1 atom stereocenters. The van der Waals surface area contributed by atoms with E-state index >= 15 is 0 Å². The van der Waals surface area contributed by atoms with Gasteiger partial charge in [-0.25, -0.2) is 9.97 Å². The fourth-order valence-corrected chi connectivity index (χ4v) is 3.61. The zero-order valence-electron chi connectivity index (χ0n) is 17.5. The number of phenols is 1. The van der Waals surface area contributed by atoms with Gasteiger partial charge in [0.05, 0.1) is 11.2 Å². The van der Waals surface area contributed by atoms with Crippen LogP contribution < -0.4 is 5.32 Å². The minimum Gasteiger partial charge on any atom is -0.508 e. The van der Waals surface area contributed by atoms with E-state index in [1.165, 1.54) is 0 Å². The topological polar surface area (TPSA) is 75.1 Å². The normalized spacial score (nSPS) is 11.9. The van der Waals surface area contributed by atoms with Crippen LogP contribution in [-0.4, -0.2) is 27.5 Å². The van der Waals surface area contributed by atoms with Gasteiger partial charge >= 0.3 is 0 Å². The molecule has 1 heterocycles. The molecule has 0 aliphatic carbocycles. The molecule has 0 bridgehead atoms. The number of phenolic OH excluding ortho intramolecular Hbond substituents is 1. The monoisotopic (exact) mass is 411 g/mol. The van der Waals surface area contributed by atoms with Gasteiger partial charge in [-0.15, -0.1) is 0 Å². The Labute approximate surface area is 181 Å². The highest BCUT2D eigenvalue weighted by atomic mass is 16.3. The molecule has 5 heteroatoms. The number of benzene rings is 3. The average molecular weight is 412 g/mol. The summed E-state index contributed by atoms with van der Waals surface area (Å²) in [5.41, 5.74) is 3.52. The molecule has 31 heavy (non-hydrogen) atoms. The largest absolute Gasteiger partial charge is 0.508 e. The SMILES string of the molecule is CC(Cc1nc(-c2ccccc2)nc2ccccc12)C(=O)NCCc1ccccc1O. The molecule has 156 valence electrons. The Morgan fingerprint density at radius 2 is 1.65 bits per heavy atom. The van der Waals surface area contributed by atoms with Crippen LogP contribution in [0.2, 0.25) is 0 Å². The number of amides is 1. The lowest BCUT2D eigenvalue weighted by Gasteiger charge is -2.14. The summed E-state index contributed by atoms with van der Waals surface area (Å²) in [4.78, 5) is 22.2. The van der Waals surface area contributed by atoms with Gasteiger partial charge in [-0.1, -0.05) is 73.7 Å². The van der Waals surface area contributed by atoms with Crippen molar-refractivity contribution >= 4 is 16.8 Å². The molecule has 1 unspecified atom stereocenters. The lowest BCUT2D eigenvalue weighted by molar-refractivity contribution is -0.124. The van der Waals surface area contributed by atoms with Gasteiger partial charge in [0.1, 0.15) is 5.75 Å². The average Bonchev–Trinajstić information content (AvgIpc) is 2.80. The van der Waals surface area contributed by atoms with Crippen molar-refractivity contribution in [1.29, 1.82) is 0 Å². The lowest BCUT2D eigenvalue weighted by atomic mass is 10.0. The molecule has 0 saturated heterocycles. The first-order valence-electron chi connectivity index (χ1n) is 10.5. The summed E-state index contributed by atoms with van der Waals surface area (Å²) in [6.45, 7) is 2.38. The fraction of sp³-hybridized carbons (Fsp3) is 0.192. The molecule has 3 aromatic carbocycles. The van der Waals surface area contributed by atoms with Crippen LogP contribution in [0.5, 0.6) is 5.75 Å². The van der Waals surface area contributed by atoms with Gasteiger partial charge in [-0.05, 0) is 24.1 Å². The lowest BCUT2D eigenvalue weighted by Crippen LogP contribution is -2.32. The molecule has 1 amide bonds. The molecule has 0 saturated carbocycles. The second-order valence-electron chi connectivity index (χ2n) is 7.65. The Hall–Kier alpha value is -3.73. The fourth-order valence-electron chi connectivity index (χ4n) is 3.61. The first-order chi connectivity index (χ1) is 15.1. The Morgan fingerprint density at radius 3 is 2.45 bits per heavy atom. The molecule has 4 aromatic rings. The summed E-state index contributed by atoms with van der Waals surface area (Å²) < 4.78 is 0. The van der Waals surface area contributed by atoms with Gasteiger partial charge in [0.15, 0.2) is 5.82 Å². The Morgan fingerprint density at radius 1 is 0.935 bits per heavy atom. The van der Waals surface area contributed by atoms with Crippen LogP contribution in [0.1, 0.15) is 18.2 Å². The summed E-state index contributed by atoms with van der Waals surface area (Å²) in [5.74, 6) is 0.651. The van der Waals surface area contributed by atoms with Crippen molar-refractivity contribution in [2.45, 2.75) is 19.8 Å². The van der Waals surface area contributed by atoms with E-state index in [-0.39, 0.29) is 17.6 Å². The number of nitrogens with one attached hydrogen (secondary N) is 1. The maximum Gasteiger partial charge on any atom is 0.223 e. The van der Waals surface area contributed by atoms with Crippen molar-refractivity contribution in [1.82, 2.24) is 15.3 Å². The van der Waals surface area contributed by atoms with Gasteiger partial charge in [0.2, 0.25) is 5.91 Å². The molecule has 1 aromatic heterocycles. The smallest absolute Gasteiger partial charge is 0.223 e. The third kappa shape index (κ3) is 4.89. The van der Waals surface area contributed by atoms with Crippen LogP contribution in [-0.2, 0) is 17.6 Å². The van der Waals surface area contributed by atoms with Gasteiger partial charge in [0, 0.05) is 29.8 Å². The van der Waals surface area contributed by atoms with E-state index in [9.17, 15) is 9.90 Å². The first-order valence-corrected chi connectivity index (χ1v) is 10.5. The molecule has 4 rings (SSSR count). The Balaban J connectivity index is 1.49. The van der Waals surface area contributed by atoms with Crippen LogP contribution in [0, 0.1) is 5.92 Å². The molecular weight excluding hydrogens is 386 g/mol. The molecule has 0 spiro atoms. The number of para-hydroxylation sites is 2. The van der Waals surface area contributed by atoms with Gasteiger partial charge in [0.25, 0.3) is 0 Å². The molecule has 0 radical (unpaired) electrons. The maximum absolute atomic E-state index is 12.7. The second-order valence-corrected chi connectivity index (χ2v) is 7.65. The minimum atomic E-state index is -0.244. The predicted molar refractivity (Wildman–Crippen MR) is 123 cm³/mol. The highest BCUT2D eigenvalue weighted by Gasteiger charge is 2.17. The summed E-state index contributed by atoms with van der Waals surface area (Å²) in [5, 5.41) is 13.8. The second kappa shape index (κ2) is 9.39. The minimum absolute atomic E-state index is 0.0284. The number of carbonyl (C=O) groups excluding carboxylic acids is 1. The zero-order valence-corrected chi connectivity index (χ0v) is 17.5. The summed E-state index contributed by atoms with van der Waals surface area (Å²) in [7, 11) is 0. The highest BCUT2D eigenvalue weighted by molar-refractivity contribution is 5.84. The van der Waals surface area contributed by atoms with Crippen LogP contribution in [0.4, 0.5) is 0 Å². The first kappa shape index (κ1) is 20.5. The van der Waals surface area contributed by atoms with Crippen molar-refractivity contribution in [3.8, 4) is 17.1 Å². The van der Waals surface area contributed by atoms with E-state index in [0.29, 0.717) is 25.2 Å². The number of rotatable bonds is 7. The van der Waals surface area contributed by atoms with E-state index in [0.717, 1.165) is 27.7 Å². The maximum atomic E-state index is 12.7. The summed E-state index contributed by atoms with van der Waals surface area (Å²) >= 11 is 0. The van der Waals surface area contributed by atoms with Crippen molar-refractivity contribution in [2.24, 2.45) is 5.92 Å². The predicted octanol–water partition coefficient (Wildman–Crippen LogP) is 4.54. The summed E-state index contributed by atoms with van der Waals surface area (Å²) in [6, 6.07) is 25.0. The molecule has 0 fully saturated rings. The number of hydrogen-bond acceptors (Lipinski definition) is 4. The zero-order chi connectivity index (χ0) is 21.6. The molecule has 0 aliphatic rings. The standard InChI is InChI=1S/C26H25N3O2/c1-18(26(31)27-16-15-19-9-5-8-14-24(19)30)17-23-21-12-6-7-13-22(21)28-25(29-23)20-10-3-2-4-11-20/h2-14,18,30H,15-17H2,1H3,(H,27,31). The highest BCUT2D eigenvalue weighted by Crippen LogP contribution is 2.23. The summed E-state index contributed by atoms with van der Waals surface area (Å²) in [6.07, 6.45) is 1.10. The quantitative estimate of drug-likeness (QED) is 0.468. The van der Waals surface area contributed by atoms with Gasteiger partial charge in [-0.3, -0.25) is 4.79 Å². The number of carbonyl (C=O) groups is 1. The van der Waals surface area contributed by atoms with Crippen LogP contribution in [0.3, 0.4) is 0 Å². The number of aromatic nitrogens is 2. The molecule has 2 N–H and O–H groups in total.